The number of nitrogens with one attached hydrogen (secondary N) is 1. The predicted molar refractivity (Wildman–Crippen MR) is 74.3 cm³/mol. The lowest BCUT2D eigenvalue weighted by Gasteiger charge is -2.31. The Labute approximate surface area is 114 Å². The Balaban J connectivity index is 2.06. The van der Waals surface area contributed by atoms with Crippen LogP contribution in [0.1, 0.15) is 24.4 Å². The number of nitrogens with zero attached hydrogens (tertiary/aromatic N) is 2. The van der Waals surface area contributed by atoms with Crippen LogP contribution < -0.4 is 5.32 Å². The van der Waals surface area contributed by atoms with Crippen LogP contribution in [0.15, 0.2) is 6.07 Å². The standard InChI is InChI=1S/C14H23N3O2/c1-10-8-14(16-11(2)15-10)17-13(9-18-3)12-4-6-19-7-5-12/h8,12-13H,4-7,9H2,1-3H3,(H,15,16,17). The van der Waals surface area contributed by atoms with Gasteiger partial charge in [0.05, 0.1) is 12.6 Å². The Kier molecular flexibility index (Phi) is 5.10. The number of ether oxygens (including phenoxy) is 2. The first-order chi connectivity index (χ1) is 9.19. The van der Waals surface area contributed by atoms with Crippen molar-refractivity contribution in [3.05, 3.63) is 17.6 Å². The minimum atomic E-state index is 0.280. The van der Waals surface area contributed by atoms with Crippen molar-refractivity contribution in [3.63, 3.8) is 0 Å². The minimum absolute atomic E-state index is 0.280. The first-order valence-electron chi connectivity index (χ1n) is 6.84. The molecule has 0 bridgehead atoms. The van der Waals surface area contributed by atoms with Gasteiger partial charge in [0.1, 0.15) is 11.6 Å². The Morgan fingerprint density at radius 1 is 1.37 bits per heavy atom. The molecule has 0 amide bonds. The molecule has 5 heteroatoms. The zero-order valence-electron chi connectivity index (χ0n) is 12.0. The Morgan fingerprint density at radius 3 is 2.74 bits per heavy atom. The molecule has 0 aromatic carbocycles. The van der Waals surface area contributed by atoms with Gasteiger partial charge in [-0.15, -0.1) is 0 Å². The van der Waals surface area contributed by atoms with Gasteiger partial charge in [-0.05, 0) is 32.6 Å². The summed E-state index contributed by atoms with van der Waals surface area (Å²) in [6, 6.07) is 2.26. The molecule has 2 rings (SSSR count). The largest absolute Gasteiger partial charge is 0.383 e. The summed E-state index contributed by atoms with van der Waals surface area (Å²) in [4.78, 5) is 8.74. The van der Waals surface area contributed by atoms with Crippen molar-refractivity contribution in [2.75, 3.05) is 32.2 Å². The highest BCUT2D eigenvalue weighted by Crippen LogP contribution is 2.22. The van der Waals surface area contributed by atoms with E-state index < -0.39 is 0 Å². The zero-order valence-corrected chi connectivity index (χ0v) is 12.0. The normalized spacial score (nSPS) is 18.3. The molecular weight excluding hydrogens is 242 g/mol. The molecule has 2 heterocycles. The van der Waals surface area contributed by atoms with Gasteiger partial charge in [-0.2, -0.15) is 0 Å². The maximum Gasteiger partial charge on any atom is 0.130 e. The van der Waals surface area contributed by atoms with Gasteiger partial charge in [0.2, 0.25) is 0 Å². The van der Waals surface area contributed by atoms with Crippen LogP contribution in [0, 0.1) is 19.8 Å². The van der Waals surface area contributed by atoms with Gasteiger partial charge in [-0.25, -0.2) is 9.97 Å². The van der Waals surface area contributed by atoms with Crippen molar-refractivity contribution < 1.29 is 9.47 Å². The second-order valence-electron chi connectivity index (χ2n) is 5.10. The van der Waals surface area contributed by atoms with Crippen molar-refractivity contribution in [1.29, 1.82) is 0 Å². The summed E-state index contributed by atoms with van der Waals surface area (Å²) in [5.41, 5.74) is 0.984. The van der Waals surface area contributed by atoms with Crippen LogP contribution in [0.5, 0.6) is 0 Å². The van der Waals surface area contributed by atoms with Crippen LogP contribution >= 0.6 is 0 Å². The molecule has 106 valence electrons. The average molecular weight is 265 g/mol. The average Bonchev–Trinajstić information content (AvgIpc) is 2.38. The second kappa shape index (κ2) is 6.82. The third kappa shape index (κ3) is 4.14. The molecule has 1 N–H and O–H groups in total. The highest BCUT2D eigenvalue weighted by atomic mass is 16.5. The Morgan fingerprint density at radius 2 is 2.11 bits per heavy atom. The predicted octanol–water partition coefficient (Wildman–Crippen LogP) is 1.95. The molecule has 1 aliphatic heterocycles. The van der Waals surface area contributed by atoms with Crippen LogP contribution in [-0.4, -0.2) is 42.9 Å². The summed E-state index contributed by atoms with van der Waals surface area (Å²) >= 11 is 0. The molecule has 1 aromatic rings. The molecule has 0 saturated carbocycles. The second-order valence-corrected chi connectivity index (χ2v) is 5.10. The number of hydrogen-bond acceptors (Lipinski definition) is 5. The van der Waals surface area contributed by atoms with Gasteiger partial charge < -0.3 is 14.8 Å². The molecule has 1 fully saturated rings. The summed E-state index contributed by atoms with van der Waals surface area (Å²) in [7, 11) is 1.74. The summed E-state index contributed by atoms with van der Waals surface area (Å²) in [6.07, 6.45) is 2.15. The molecule has 1 aromatic heterocycles. The number of hydrogen-bond donors (Lipinski definition) is 1. The number of methoxy groups -OCH3 is 1. The molecule has 0 spiro atoms. The highest BCUT2D eigenvalue weighted by molar-refractivity contribution is 5.37. The molecule has 19 heavy (non-hydrogen) atoms. The van der Waals surface area contributed by atoms with E-state index in [2.05, 4.69) is 15.3 Å². The van der Waals surface area contributed by atoms with Crippen molar-refractivity contribution in [3.8, 4) is 0 Å². The summed E-state index contributed by atoms with van der Waals surface area (Å²) in [5.74, 6) is 2.26. The van der Waals surface area contributed by atoms with Crippen molar-refractivity contribution in [2.45, 2.75) is 32.7 Å². The smallest absolute Gasteiger partial charge is 0.130 e. The molecule has 1 unspecified atom stereocenters. The molecule has 5 nitrogen and oxygen atoms in total. The molecular formula is C14H23N3O2. The summed E-state index contributed by atoms with van der Waals surface area (Å²) < 4.78 is 10.8. The first kappa shape index (κ1) is 14.2. The first-order valence-corrected chi connectivity index (χ1v) is 6.84. The lowest BCUT2D eigenvalue weighted by atomic mass is 9.92. The van der Waals surface area contributed by atoms with Gasteiger partial charge >= 0.3 is 0 Å². The quantitative estimate of drug-likeness (QED) is 0.882. The SMILES string of the molecule is COCC(Nc1cc(C)nc(C)n1)C1CCOCC1. The Bertz CT molecular complexity index is 385. The van der Waals surface area contributed by atoms with E-state index in [-0.39, 0.29) is 6.04 Å². The highest BCUT2D eigenvalue weighted by Gasteiger charge is 2.24. The minimum Gasteiger partial charge on any atom is -0.383 e. The van der Waals surface area contributed by atoms with Gasteiger partial charge in [-0.3, -0.25) is 0 Å². The lowest BCUT2D eigenvalue weighted by molar-refractivity contribution is 0.0485. The number of anilines is 1. The Hall–Kier alpha value is -1.20. The number of aromatic nitrogens is 2. The fraction of sp³-hybridized carbons (Fsp3) is 0.714. The monoisotopic (exact) mass is 265 g/mol. The van der Waals surface area contributed by atoms with Crippen molar-refractivity contribution >= 4 is 5.82 Å². The molecule has 1 aliphatic rings. The van der Waals surface area contributed by atoms with E-state index in [1.54, 1.807) is 7.11 Å². The van der Waals surface area contributed by atoms with Crippen LogP contribution in [0.4, 0.5) is 5.82 Å². The van der Waals surface area contributed by atoms with Gasteiger partial charge in [-0.1, -0.05) is 0 Å². The molecule has 1 saturated heterocycles. The number of rotatable bonds is 5. The van der Waals surface area contributed by atoms with E-state index in [0.29, 0.717) is 12.5 Å². The van der Waals surface area contributed by atoms with Gasteiger partial charge in [0, 0.05) is 32.1 Å². The lowest BCUT2D eigenvalue weighted by Crippen LogP contribution is -2.37. The molecule has 0 aliphatic carbocycles. The third-order valence-electron chi connectivity index (χ3n) is 3.48. The van der Waals surface area contributed by atoms with E-state index in [1.165, 1.54) is 0 Å². The zero-order chi connectivity index (χ0) is 13.7. The molecule has 1 atom stereocenters. The van der Waals surface area contributed by atoms with Crippen LogP contribution in [0.25, 0.3) is 0 Å². The van der Waals surface area contributed by atoms with Crippen LogP contribution in [0.3, 0.4) is 0 Å². The van der Waals surface area contributed by atoms with Crippen molar-refractivity contribution in [2.24, 2.45) is 5.92 Å². The molecule has 0 radical (unpaired) electrons. The van der Waals surface area contributed by atoms with E-state index in [4.69, 9.17) is 9.47 Å². The fourth-order valence-electron chi connectivity index (χ4n) is 2.57. The maximum absolute atomic E-state index is 5.42. The van der Waals surface area contributed by atoms with Gasteiger partial charge in [0.25, 0.3) is 0 Å². The van der Waals surface area contributed by atoms with E-state index in [1.807, 2.05) is 19.9 Å². The summed E-state index contributed by atoms with van der Waals surface area (Å²) in [6.45, 7) is 6.27. The van der Waals surface area contributed by atoms with Crippen LogP contribution in [-0.2, 0) is 9.47 Å². The van der Waals surface area contributed by atoms with Crippen LogP contribution in [0.2, 0.25) is 0 Å². The fourth-order valence-corrected chi connectivity index (χ4v) is 2.57. The van der Waals surface area contributed by atoms with Crippen molar-refractivity contribution in [1.82, 2.24) is 9.97 Å². The topological polar surface area (TPSA) is 56.3 Å². The van der Waals surface area contributed by atoms with E-state index in [0.717, 1.165) is 43.4 Å². The van der Waals surface area contributed by atoms with E-state index in [9.17, 15) is 0 Å². The summed E-state index contributed by atoms with van der Waals surface area (Å²) in [5, 5.41) is 3.50. The van der Waals surface area contributed by atoms with Gasteiger partial charge in [0.15, 0.2) is 0 Å². The van der Waals surface area contributed by atoms with E-state index >= 15 is 0 Å². The number of aryl methyl sites for hydroxylation is 2. The maximum atomic E-state index is 5.42. The third-order valence-corrected chi connectivity index (χ3v) is 3.48.